The maximum Gasteiger partial charge on any atom is 0.337 e. The molecule has 0 saturated heterocycles. The molecule has 1 rings (SSSR count). The van der Waals surface area contributed by atoms with Crippen molar-refractivity contribution < 1.29 is 9.53 Å². The molecular formula is C8H12N4O2. The van der Waals surface area contributed by atoms with Gasteiger partial charge in [0.15, 0.2) is 0 Å². The van der Waals surface area contributed by atoms with E-state index in [9.17, 15) is 4.79 Å². The van der Waals surface area contributed by atoms with Crippen molar-refractivity contribution in [3.63, 3.8) is 0 Å². The summed E-state index contributed by atoms with van der Waals surface area (Å²) >= 11 is 0. The van der Waals surface area contributed by atoms with E-state index in [4.69, 9.17) is 4.74 Å². The minimum absolute atomic E-state index is 0.195. The van der Waals surface area contributed by atoms with E-state index in [0.717, 1.165) is 0 Å². The third-order valence-electron chi connectivity index (χ3n) is 1.33. The molecule has 2 N–H and O–H groups in total. The van der Waals surface area contributed by atoms with Gasteiger partial charge in [0.2, 0.25) is 11.9 Å². The van der Waals surface area contributed by atoms with Gasteiger partial charge in [-0.05, 0) is 6.92 Å². The first-order valence-electron chi connectivity index (χ1n) is 4.22. The first-order chi connectivity index (χ1) is 6.76. The van der Waals surface area contributed by atoms with Gasteiger partial charge in [-0.25, -0.2) is 5.10 Å². The van der Waals surface area contributed by atoms with Gasteiger partial charge in [-0.2, -0.15) is 4.98 Å². The summed E-state index contributed by atoms with van der Waals surface area (Å²) in [6, 6.07) is 0.224. The minimum atomic E-state index is -0.195. The predicted molar refractivity (Wildman–Crippen MR) is 51.0 cm³/mol. The SMILES string of the molecule is C=CCC(=O)Nc1nc(OCC)n[nH]1. The van der Waals surface area contributed by atoms with Crippen LogP contribution in [0.4, 0.5) is 5.95 Å². The van der Waals surface area contributed by atoms with Gasteiger partial charge in [-0.1, -0.05) is 6.08 Å². The number of carbonyl (C=O) groups is 1. The second-order valence-corrected chi connectivity index (χ2v) is 2.44. The Morgan fingerprint density at radius 1 is 1.79 bits per heavy atom. The molecule has 0 fully saturated rings. The van der Waals surface area contributed by atoms with E-state index in [1.807, 2.05) is 6.92 Å². The lowest BCUT2D eigenvalue weighted by molar-refractivity contribution is -0.115. The summed E-state index contributed by atoms with van der Waals surface area (Å²) in [5.41, 5.74) is 0. The number of aromatic amines is 1. The predicted octanol–water partition coefficient (Wildman–Crippen LogP) is 0.718. The van der Waals surface area contributed by atoms with E-state index in [1.54, 1.807) is 0 Å². The molecule has 6 heteroatoms. The van der Waals surface area contributed by atoms with Gasteiger partial charge in [-0.3, -0.25) is 10.1 Å². The van der Waals surface area contributed by atoms with Crippen LogP contribution in [-0.4, -0.2) is 27.7 Å². The maximum atomic E-state index is 11.1. The molecule has 0 saturated carbocycles. The molecule has 0 bridgehead atoms. The molecule has 6 nitrogen and oxygen atoms in total. The van der Waals surface area contributed by atoms with Crippen molar-refractivity contribution in [1.29, 1.82) is 0 Å². The molecule has 0 atom stereocenters. The quantitative estimate of drug-likeness (QED) is 0.680. The number of ether oxygens (including phenoxy) is 1. The Labute approximate surface area is 81.4 Å². The fourth-order valence-electron chi connectivity index (χ4n) is 0.810. The average Bonchev–Trinajstić information content (AvgIpc) is 2.53. The number of amides is 1. The summed E-state index contributed by atoms with van der Waals surface area (Å²) in [5, 5.41) is 8.75. The van der Waals surface area contributed by atoms with Crippen molar-refractivity contribution in [3.8, 4) is 6.01 Å². The number of nitrogens with one attached hydrogen (secondary N) is 2. The zero-order valence-electron chi connectivity index (χ0n) is 7.91. The van der Waals surface area contributed by atoms with E-state index in [1.165, 1.54) is 6.08 Å². The largest absolute Gasteiger partial charge is 0.463 e. The highest BCUT2D eigenvalue weighted by Gasteiger charge is 2.05. The van der Waals surface area contributed by atoms with E-state index >= 15 is 0 Å². The Morgan fingerprint density at radius 2 is 2.57 bits per heavy atom. The molecule has 0 unspecified atom stereocenters. The van der Waals surface area contributed by atoms with Crippen molar-refractivity contribution in [2.24, 2.45) is 0 Å². The lowest BCUT2D eigenvalue weighted by Crippen LogP contribution is -2.11. The van der Waals surface area contributed by atoms with Crippen LogP contribution in [0.1, 0.15) is 13.3 Å². The van der Waals surface area contributed by atoms with Crippen LogP contribution in [0.3, 0.4) is 0 Å². The molecule has 0 aliphatic rings. The average molecular weight is 196 g/mol. The Bertz CT molecular complexity index is 321. The first kappa shape index (κ1) is 10.2. The number of aromatic nitrogens is 3. The highest BCUT2D eigenvalue weighted by Crippen LogP contribution is 2.05. The summed E-state index contributed by atoms with van der Waals surface area (Å²) in [7, 11) is 0. The molecule has 1 aromatic rings. The maximum absolute atomic E-state index is 11.1. The van der Waals surface area contributed by atoms with Crippen LogP contribution in [-0.2, 0) is 4.79 Å². The molecule has 14 heavy (non-hydrogen) atoms. The molecular weight excluding hydrogens is 184 g/mol. The topological polar surface area (TPSA) is 79.9 Å². The number of nitrogens with zero attached hydrogens (tertiary/aromatic N) is 2. The normalized spacial score (nSPS) is 9.50. The zero-order valence-corrected chi connectivity index (χ0v) is 7.91. The monoisotopic (exact) mass is 196 g/mol. The molecule has 0 aromatic carbocycles. The van der Waals surface area contributed by atoms with Gasteiger partial charge in [0.25, 0.3) is 0 Å². The minimum Gasteiger partial charge on any atom is -0.463 e. The zero-order chi connectivity index (χ0) is 10.4. The fraction of sp³-hybridized carbons (Fsp3) is 0.375. The van der Waals surface area contributed by atoms with Crippen LogP contribution in [0.25, 0.3) is 0 Å². The summed E-state index contributed by atoms with van der Waals surface area (Å²) in [6.07, 6.45) is 1.75. The van der Waals surface area contributed by atoms with Crippen molar-refractivity contribution in [1.82, 2.24) is 15.2 Å². The second kappa shape index (κ2) is 5.00. The standard InChI is InChI=1S/C8H12N4O2/c1-3-5-6(13)9-7-10-8(12-11-7)14-4-2/h3H,1,4-5H2,2H3,(H2,9,10,11,12,13). The smallest absolute Gasteiger partial charge is 0.337 e. The lowest BCUT2D eigenvalue weighted by atomic mass is 10.4. The Kier molecular flexibility index (Phi) is 3.66. The van der Waals surface area contributed by atoms with Crippen LogP contribution < -0.4 is 10.1 Å². The Morgan fingerprint density at radius 3 is 3.21 bits per heavy atom. The van der Waals surface area contributed by atoms with Gasteiger partial charge in [0.05, 0.1) is 6.61 Å². The number of hydrogen-bond acceptors (Lipinski definition) is 4. The Hall–Kier alpha value is -1.85. The van der Waals surface area contributed by atoms with Crippen LogP contribution >= 0.6 is 0 Å². The van der Waals surface area contributed by atoms with Crippen LogP contribution in [0, 0.1) is 0 Å². The molecule has 0 aliphatic carbocycles. The van der Waals surface area contributed by atoms with Crippen molar-refractivity contribution in [2.45, 2.75) is 13.3 Å². The first-order valence-corrected chi connectivity index (χ1v) is 4.22. The summed E-state index contributed by atoms with van der Waals surface area (Å²) in [6.45, 7) is 5.75. The van der Waals surface area contributed by atoms with E-state index in [2.05, 4.69) is 27.1 Å². The number of hydrogen-bond donors (Lipinski definition) is 2. The van der Waals surface area contributed by atoms with E-state index in [0.29, 0.717) is 6.61 Å². The van der Waals surface area contributed by atoms with Gasteiger partial charge >= 0.3 is 6.01 Å². The van der Waals surface area contributed by atoms with Crippen molar-refractivity contribution in [3.05, 3.63) is 12.7 Å². The molecule has 0 radical (unpaired) electrons. The van der Waals surface area contributed by atoms with Gasteiger partial charge in [0, 0.05) is 6.42 Å². The van der Waals surface area contributed by atoms with Gasteiger partial charge in [-0.15, -0.1) is 11.7 Å². The van der Waals surface area contributed by atoms with Crippen LogP contribution in [0.2, 0.25) is 0 Å². The molecule has 1 heterocycles. The fourth-order valence-corrected chi connectivity index (χ4v) is 0.810. The molecule has 76 valence electrons. The molecule has 1 amide bonds. The summed E-state index contributed by atoms with van der Waals surface area (Å²) in [5.74, 6) is 0.0829. The van der Waals surface area contributed by atoms with Gasteiger partial charge < -0.3 is 4.74 Å². The van der Waals surface area contributed by atoms with E-state index < -0.39 is 0 Å². The third-order valence-corrected chi connectivity index (χ3v) is 1.33. The summed E-state index contributed by atoms with van der Waals surface area (Å²) < 4.78 is 5.00. The number of rotatable bonds is 5. The van der Waals surface area contributed by atoms with Crippen LogP contribution in [0.15, 0.2) is 12.7 Å². The van der Waals surface area contributed by atoms with E-state index in [-0.39, 0.29) is 24.3 Å². The highest BCUT2D eigenvalue weighted by molar-refractivity contribution is 5.89. The summed E-state index contributed by atoms with van der Waals surface area (Å²) in [4.78, 5) is 14.9. The number of H-pyrrole nitrogens is 1. The second-order valence-electron chi connectivity index (χ2n) is 2.44. The Balaban J connectivity index is 2.50. The highest BCUT2D eigenvalue weighted by atomic mass is 16.5. The molecule has 0 aliphatic heterocycles. The molecule has 0 spiro atoms. The number of anilines is 1. The van der Waals surface area contributed by atoms with Gasteiger partial charge in [0.1, 0.15) is 0 Å². The van der Waals surface area contributed by atoms with Crippen molar-refractivity contribution >= 4 is 11.9 Å². The number of carbonyl (C=O) groups excluding carboxylic acids is 1. The van der Waals surface area contributed by atoms with Crippen LogP contribution in [0.5, 0.6) is 6.01 Å². The lowest BCUT2D eigenvalue weighted by Gasteiger charge is -1.96. The third kappa shape index (κ3) is 2.89. The van der Waals surface area contributed by atoms with Crippen molar-refractivity contribution in [2.75, 3.05) is 11.9 Å². The molecule has 1 aromatic heterocycles.